The molecule has 1 heterocycles. The lowest BCUT2D eigenvalue weighted by molar-refractivity contribution is 0.461. The van der Waals surface area contributed by atoms with Crippen LogP contribution in [0.25, 0.3) is 0 Å². The number of hydrogen-bond acceptors (Lipinski definition) is 3. The van der Waals surface area contributed by atoms with Crippen LogP contribution in [0.4, 0.5) is 0 Å². The molecule has 0 N–H and O–H groups in total. The molecule has 0 spiro atoms. The van der Waals surface area contributed by atoms with Gasteiger partial charge in [0.1, 0.15) is 0 Å². The summed E-state index contributed by atoms with van der Waals surface area (Å²) < 4.78 is 25.4. The molecule has 1 rings (SSSR count). The standard InChI is InChI=1S/C12H19BrN2O2S/c1-11(13)6-9-15(2)18(16,17)10-7-12-5-3-4-8-14-12/h3-5,8,11H,6-7,9-10H2,1-2H3. The lowest BCUT2D eigenvalue weighted by atomic mass is 10.3. The summed E-state index contributed by atoms with van der Waals surface area (Å²) in [5.74, 6) is 0.108. The van der Waals surface area contributed by atoms with Gasteiger partial charge in [-0.3, -0.25) is 4.98 Å². The summed E-state index contributed by atoms with van der Waals surface area (Å²) in [6, 6.07) is 5.53. The predicted octanol–water partition coefficient (Wildman–Crippen LogP) is 2.06. The van der Waals surface area contributed by atoms with E-state index in [0.717, 1.165) is 12.1 Å². The maximum Gasteiger partial charge on any atom is 0.214 e. The highest BCUT2D eigenvalue weighted by atomic mass is 79.9. The topological polar surface area (TPSA) is 50.3 Å². The first-order valence-electron chi connectivity index (χ1n) is 5.90. The summed E-state index contributed by atoms with van der Waals surface area (Å²) >= 11 is 3.41. The van der Waals surface area contributed by atoms with Crippen LogP contribution in [-0.2, 0) is 16.4 Å². The second-order valence-corrected chi connectivity index (χ2v) is 8.04. The SMILES string of the molecule is CC(Br)CCN(C)S(=O)(=O)CCc1ccccn1. The van der Waals surface area contributed by atoms with E-state index in [1.165, 1.54) is 4.31 Å². The van der Waals surface area contributed by atoms with Gasteiger partial charge in [0.05, 0.1) is 5.75 Å². The quantitative estimate of drug-likeness (QED) is 0.717. The normalized spacial score (nSPS) is 13.8. The average molecular weight is 335 g/mol. The zero-order valence-corrected chi connectivity index (χ0v) is 13.1. The molecule has 6 heteroatoms. The van der Waals surface area contributed by atoms with Gasteiger partial charge in [-0.25, -0.2) is 12.7 Å². The van der Waals surface area contributed by atoms with E-state index in [2.05, 4.69) is 20.9 Å². The van der Waals surface area contributed by atoms with Gasteiger partial charge < -0.3 is 0 Å². The molecule has 0 fully saturated rings. The molecule has 0 aliphatic rings. The fraction of sp³-hybridized carbons (Fsp3) is 0.583. The molecule has 0 aromatic carbocycles. The number of sulfonamides is 1. The van der Waals surface area contributed by atoms with Crippen molar-refractivity contribution in [3.63, 3.8) is 0 Å². The highest BCUT2D eigenvalue weighted by Gasteiger charge is 2.18. The molecule has 0 amide bonds. The first-order chi connectivity index (χ1) is 8.42. The molecular weight excluding hydrogens is 316 g/mol. The molecule has 1 aromatic rings. The van der Waals surface area contributed by atoms with Gasteiger partial charge in [-0.2, -0.15) is 0 Å². The van der Waals surface area contributed by atoms with Crippen molar-refractivity contribution >= 4 is 26.0 Å². The number of pyridine rings is 1. The number of alkyl halides is 1. The van der Waals surface area contributed by atoms with Crippen LogP contribution in [0.15, 0.2) is 24.4 Å². The number of aryl methyl sites for hydroxylation is 1. The van der Waals surface area contributed by atoms with E-state index in [4.69, 9.17) is 0 Å². The summed E-state index contributed by atoms with van der Waals surface area (Å²) in [6.45, 7) is 2.55. The Hall–Kier alpha value is -0.460. The monoisotopic (exact) mass is 334 g/mol. The molecule has 0 aliphatic carbocycles. The van der Waals surface area contributed by atoms with Crippen molar-refractivity contribution in [3.8, 4) is 0 Å². The van der Waals surface area contributed by atoms with Gasteiger partial charge in [0.15, 0.2) is 0 Å². The zero-order valence-electron chi connectivity index (χ0n) is 10.7. The fourth-order valence-electron chi connectivity index (χ4n) is 1.43. The molecule has 102 valence electrons. The maximum atomic E-state index is 12.0. The molecule has 18 heavy (non-hydrogen) atoms. The van der Waals surface area contributed by atoms with Gasteiger partial charge in [-0.1, -0.05) is 28.9 Å². The third-order valence-electron chi connectivity index (χ3n) is 2.66. The highest BCUT2D eigenvalue weighted by Crippen LogP contribution is 2.08. The molecule has 1 atom stereocenters. The van der Waals surface area contributed by atoms with Crippen molar-refractivity contribution in [2.45, 2.75) is 24.6 Å². The predicted molar refractivity (Wildman–Crippen MR) is 77.4 cm³/mol. The number of hydrogen-bond donors (Lipinski definition) is 0. The second-order valence-electron chi connectivity index (χ2n) is 4.28. The average Bonchev–Trinajstić information content (AvgIpc) is 2.34. The Balaban J connectivity index is 2.49. The highest BCUT2D eigenvalue weighted by molar-refractivity contribution is 9.09. The number of rotatable bonds is 7. The molecule has 0 bridgehead atoms. The van der Waals surface area contributed by atoms with Crippen molar-refractivity contribution < 1.29 is 8.42 Å². The minimum Gasteiger partial charge on any atom is -0.261 e. The van der Waals surface area contributed by atoms with Crippen molar-refractivity contribution in [2.75, 3.05) is 19.3 Å². The van der Waals surface area contributed by atoms with Gasteiger partial charge in [0, 0.05) is 36.7 Å². The van der Waals surface area contributed by atoms with Crippen molar-refractivity contribution in [1.82, 2.24) is 9.29 Å². The number of halogens is 1. The first-order valence-corrected chi connectivity index (χ1v) is 8.42. The summed E-state index contributed by atoms with van der Waals surface area (Å²) in [5.41, 5.74) is 0.809. The first kappa shape index (κ1) is 15.6. The van der Waals surface area contributed by atoms with Crippen LogP contribution >= 0.6 is 15.9 Å². The third kappa shape index (κ3) is 5.46. The summed E-state index contributed by atoms with van der Waals surface area (Å²) in [6.07, 6.45) is 2.94. The van der Waals surface area contributed by atoms with Gasteiger partial charge in [0.25, 0.3) is 0 Å². The minimum absolute atomic E-state index is 0.108. The second kappa shape index (κ2) is 7.21. The molecular formula is C12H19BrN2O2S. The molecule has 1 aromatic heterocycles. The lowest BCUT2D eigenvalue weighted by Crippen LogP contribution is -2.31. The number of aromatic nitrogens is 1. The number of nitrogens with zero attached hydrogens (tertiary/aromatic N) is 2. The molecule has 1 unspecified atom stereocenters. The summed E-state index contributed by atoms with van der Waals surface area (Å²) in [7, 11) is -1.55. The summed E-state index contributed by atoms with van der Waals surface area (Å²) in [4.78, 5) is 4.45. The van der Waals surface area contributed by atoms with Gasteiger partial charge in [-0.05, 0) is 18.6 Å². The van der Waals surface area contributed by atoms with Gasteiger partial charge >= 0.3 is 0 Å². The van der Waals surface area contributed by atoms with E-state index in [9.17, 15) is 8.42 Å². The zero-order chi connectivity index (χ0) is 13.6. The Bertz CT molecular complexity index is 448. The van der Waals surface area contributed by atoms with Crippen LogP contribution in [0.1, 0.15) is 19.0 Å². The van der Waals surface area contributed by atoms with E-state index in [1.54, 1.807) is 13.2 Å². The van der Waals surface area contributed by atoms with Crippen LogP contribution in [0, 0.1) is 0 Å². The Labute approximate surface area is 118 Å². The van der Waals surface area contributed by atoms with Gasteiger partial charge in [-0.15, -0.1) is 0 Å². The summed E-state index contributed by atoms with van der Waals surface area (Å²) in [5, 5.41) is 0. The van der Waals surface area contributed by atoms with Crippen molar-refractivity contribution in [3.05, 3.63) is 30.1 Å². The van der Waals surface area contributed by atoms with E-state index in [0.29, 0.717) is 17.8 Å². The third-order valence-corrected chi connectivity index (χ3v) is 4.97. The van der Waals surface area contributed by atoms with Gasteiger partial charge in [0.2, 0.25) is 10.0 Å². The molecule has 0 saturated heterocycles. The van der Waals surface area contributed by atoms with Crippen LogP contribution in [0.5, 0.6) is 0 Å². The Morgan fingerprint density at radius 1 is 1.44 bits per heavy atom. The van der Waals surface area contributed by atoms with Crippen LogP contribution in [0.3, 0.4) is 0 Å². The molecule has 4 nitrogen and oxygen atoms in total. The van der Waals surface area contributed by atoms with Crippen LogP contribution in [-0.4, -0.2) is 41.9 Å². The van der Waals surface area contributed by atoms with Crippen molar-refractivity contribution in [1.29, 1.82) is 0 Å². The Morgan fingerprint density at radius 3 is 2.72 bits per heavy atom. The molecule has 0 aliphatic heterocycles. The Kier molecular flexibility index (Phi) is 6.25. The van der Waals surface area contributed by atoms with E-state index in [1.807, 2.05) is 25.1 Å². The van der Waals surface area contributed by atoms with Crippen LogP contribution in [0.2, 0.25) is 0 Å². The van der Waals surface area contributed by atoms with E-state index in [-0.39, 0.29) is 5.75 Å². The van der Waals surface area contributed by atoms with Crippen LogP contribution < -0.4 is 0 Å². The minimum atomic E-state index is -3.18. The molecule has 0 saturated carbocycles. The molecule has 0 radical (unpaired) electrons. The Morgan fingerprint density at radius 2 is 2.17 bits per heavy atom. The smallest absolute Gasteiger partial charge is 0.214 e. The largest absolute Gasteiger partial charge is 0.261 e. The maximum absolute atomic E-state index is 12.0. The van der Waals surface area contributed by atoms with E-state index >= 15 is 0 Å². The van der Waals surface area contributed by atoms with E-state index < -0.39 is 10.0 Å². The fourth-order valence-corrected chi connectivity index (χ4v) is 2.80. The lowest BCUT2D eigenvalue weighted by Gasteiger charge is -2.17. The van der Waals surface area contributed by atoms with Crippen molar-refractivity contribution in [2.24, 2.45) is 0 Å².